The van der Waals surface area contributed by atoms with Gasteiger partial charge in [-0.1, -0.05) is 35.9 Å². The minimum absolute atomic E-state index is 0.0169. The van der Waals surface area contributed by atoms with Gasteiger partial charge in [0.05, 0.1) is 41.7 Å². The lowest BCUT2D eigenvalue weighted by molar-refractivity contribution is -0.150. The number of nitrogens with zero attached hydrogens (tertiary/aromatic N) is 3. The van der Waals surface area contributed by atoms with Gasteiger partial charge < -0.3 is 19.9 Å². The average molecular weight is 532 g/mol. The highest BCUT2D eigenvalue weighted by molar-refractivity contribution is 6.33. The molecule has 196 valence electrons. The highest BCUT2D eigenvalue weighted by Gasteiger charge is 2.39. The molecular weight excluding hydrogens is 502 g/mol. The predicted molar refractivity (Wildman–Crippen MR) is 148 cm³/mol. The molecule has 2 aliphatic rings. The maximum atomic E-state index is 13.7. The lowest BCUT2D eigenvalue weighted by atomic mass is 9.99. The molecule has 0 radical (unpaired) electrons. The molecule has 1 saturated heterocycles. The Balaban J connectivity index is 1.23. The van der Waals surface area contributed by atoms with Gasteiger partial charge in [0.15, 0.2) is 0 Å². The zero-order chi connectivity index (χ0) is 26.4. The molecule has 2 aliphatic heterocycles. The van der Waals surface area contributed by atoms with Crippen molar-refractivity contribution in [2.45, 2.75) is 38.5 Å². The number of fused-ring (bicyclic) bond motifs is 4. The normalized spacial score (nSPS) is 19.4. The third-order valence-corrected chi connectivity index (χ3v) is 7.73. The van der Waals surface area contributed by atoms with Crippen molar-refractivity contribution in [1.29, 1.82) is 0 Å². The largest absolute Gasteiger partial charge is 0.372 e. The second kappa shape index (κ2) is 9.69. The maximum absolute atomic E-state index is 13.7. The fourth-order valence-corrected chi connectivity index (χ4v) is 5.80. The second-order valence-electron chi connectivity index (χ2n) is 10.7. The number of amides is 2. The number of H-pyrrole nitrogens is 1. The highest BCUT2D eigenvalue weighted by atomic mass is 35.5. The molecule has 6 rings (SSSR count). The molecule has 0 saturated carbocycles. The molecule has 2 amide bonds. The molecule has 2 N–H and O–H groups in total. The van der Waals surface area contributed by atoms with Crippen molar-refractivity contribution >= 4 is 50.9 Å². The molecule has 4 aromatic rings. The Morgan fingerprint density at radius 3 is 2.84 bits per heavy atom. The first kappa shape index (κ1) is 24.9. The van der Waals surface area contributed by atoms with Crippen LogP contribution in [0.25, 0.3) is 21.8 Å². The Kier molecular flexibility index (Phi) is 6.34. The molecule has 0 spiro atoms. The summed E-state index contributed by atoms with van der Waals surface area (Å²) in [4.78, 5) is 38.4. The van der Waals surface area contributed by atoms with E-state index in [0.717, 1.165) is 28.2 Å². The number of rotatable bonds is 4. The van der Waals surface area contributed by atoms with Crippen molar-refractivity contribution in [3.8, 4) is 0 Å². The van der Waals surface area contributed by atoms with E-state index in [1.54, 1.807) is 18.5 Å². The van der Waals surface area contributed by atoms with Gasteiger partial charge in [-0.2, -0.15) is 0 Å². The number of morpholine rings is 1. The summed E-state index contributed by atoms with van der Waals surface area (Å²) < 4.78 is 6.03. The maximum Gasteiger partial charge on any atom is 0.244 e. The first-order valence-electron chi connectivity index (χ1n) is 12.9. The summed E-state index contributed by atoms with van der Waals surface area (Å²) >= 11 is 6.44. The Hall–Kier alpha value is -3.46. The summed E-state index contributed by atoms with van der Waals surface area (Å²) in [6.07, 6.45) is 4.31. The van der Waals surface area contributed by atoms with Crippen molar-refractivity contribution in [2.75, 3.05) is 31.6 Å². The van der Waals surface area contributed by atoms with Crippen LogP contribution in [0, 0.1) is 0 Å². The summed E-state index contributed by atoms with van der Waals surface area (Å²) in [5.41, 5.74) is 4.22. The minimum Gasteiger partial charge on any atom is -0.372 e. The van der Waals surface area contributed by atoms with E-state index in [2.05, 4.69) is 27.4 Å². The third-order valence-electron chi connectivity index (χ3n) is 7.51. The number of ether oxygens (including phenoxy) is 1. The zero-order valence-corrected chi connectivity index (χ0v) is 22.2. The SMILES string of the molecule is CC1(C)CN(CC(=O)N2CCc3ccccc3C2)[C@H](C(=O)Nc2cc(Cl)cc3c2[nH]c2cnccc23)CO1. The lowest BCUT2D eigenvalue weighted by Crippen LogP contribution is -2.60. The van der Waals surface area contributed by atoms with E-state index in [9.17, 15) is 9.59 Å². The lowest BCUT2D eigenvalue weighted by Gasteiger charge is -2.43. The van der Waals surface area contributed by atoms with Crippen LogP contribution in [0.15, 0.2) is 54.9 Å². The number of anilines is 1. The Labute approximate surface area is 225 Å². The number of hydrogen-bond acceptors (Lipinski definition) is 5. The van der Waals surface area contributed by atoms with Crippen LogP contribution in [0.4, 0.5) is 5.69 Å². The first-order chi connectivity index (χ1) is 18.3. The zero-order valence-electron chi connectivity index (χ0n) is 21.5. The smallest absolute Gasteiger partial charge is 0.244 e. The van der Waals surface area contributed by atoms with E-state index in [1.807, 2.05) is 47.9 Å². The Bertz CT molecular complexity index is 1550. The number of halogens is 1. The summed E-state index contributed by atoms with van der Waals surface area (Å²) in [5, 5.41) is 5.46. The quantitative estimate of drug-likeness (QED) is 0.408. The summed E-state index contributed by atoms with van der Waals surface area (Å²) in [5.74, 6) is -0.221. The van der Waals surface area contributed by atoms with Gasteiger partial charge in [0.25, 0.3) is 0 Å². The molecule has 0 unspecified atom stereocenters. The van der Waals surface area contributed by atoms with Crippen LogP contribution in [0.2, 0.25) is 5.02 Å². The fraction of sp³-hybridized carbons (Fsp3) is 0.345. The number of hydrogen-bond donors (Lipinski definition) is 2. The monoisotopic (exact) mass is 531 g/mol. The molecular formula is C29H30ClN5O3. The number of pyridine rings is 1. The number of nitrogens with one attached hydrogen (secondary N) is 2. The van der Waals surface area contributed by atoms with E-state index in [1.165, 1.54) is 11.1 Å². The van der Waals surface area contributed by atoms with Crippen LogP contribution < -0.4 is 5.32 Å². The van der Waals surface area contributed by atoms with Crippen LogP contribution in [0.1, 0.15) is 25.0 Å². The van der Waals surface area contributed by atoms with E-state index in [0.29, 0.717) is 30.3 Å². The minimum atomic E-state index is -0.621. The van der Waals surface area contributed by atoms with Gasteiger partial charge in [0.2, 0.25) is 11.8 Å². The van der Waals surface area contributed by atoms with Crippen molar-refractivity contribution in [1.82, 2.24) is 19.8 Å². The number of aromatic nitrogens is 2. The van der Waals surface area contributed by atoms with Gasteiger partial charge >= 0.3 is 0 Å². The molecule has 0 bridgehead atoms. The van der Waals surface area contributed by atoms with Gasteiger partial charge in [-0.05, 0) is 49.6 Å². The van der Waals surface area contributed by atoms with E-state index >= 15 is 0 Å². The first-order valence-corrected chi connectivity index (χ1v) is 13.2. The van der Waals surface area contributed by atoms with Gasteiger partial charge in [0, 0.05) is 41.6 Å². The van der Waals surface area contributed by atoms with Gasteiger partial charge in [0.1, 0.15) is 6.04 Å². The number of benzene rings is 2. The average Bonchev–Trinajstić information content (AvgIpc) is 3.26. The van der Waals surface area contributed by atoms with E-state index < -0.39 is 11.6 Å². The predicted octanol–water partition coefficient (Wildman–Crippen LogP) is 4.37. The second-order valence-corrected chi connectivity index (χ2v) is 11.2. The molecule has 2 aromatic carbocycles. The molecule has 4 heterocycles. The van der Waals surface area contributed by atoms with Gasteiger partial charge in [-0.25, -0.2) is 0 Å². The van der Waals surface area contributed by atoms with Crippen LogP contribution in [-0.2, 0) is 27.3 Å². The fourth-order valence-electron chi connectivity index (χ4n) is 5.58. The molecule has 0 aliphatic carbocycles. The highest BCUT2D eigenvalue weighted by Crippen LogP contribution is 2.33. The summed E-state index contributed by atoms with van der Waals surface area (Å²) in [6, 6.07) is 13.2. The van der Waals surface area contributed by atoms with Crippen LogP contribution in [-0.4, -0.2) is 69.5 Å². The van der Waals surface area contributed by atoms with Crippen molar-refractivity contribution < 1.29 is 14.3 Å². The molecule has 8 nitrogen and oxygen atoms in total. The van der Waals surface area contributed by atoms with E-state index in [-0.39, 0.29) is 25.0 Å². The number of aromatic amines is 1. The van der Waals surface area contributed by atoms with Crippen molar-refractivity contribution in [3.63, 3.8) is 0 Å². The van der Waals surface area contributed by atoms with Crippen molar-refractivity contribution in [3.05, 3.63) is 71.0 Å². The van der Waals surface area contributed by atoms with Crippen LogP contribution >= 0.6 is 11.6 Å². The Morgan fingerprint density at radius 2 is 2.00 bits per heavy atom. The number of carbonyl (C=O) groups excluding carboxylic acids is 2. The summed E-state index contributed by atoms with van der Waals surface area (Å²) in [6.45, 7) is 6.03. The topological polar surface area (TPSA) is 90.6 Å². The molecule has 2 aromatic heterocycles. The van der Waals surface area contributed by atoms with Crippen LogP contribution in [0.5, 0.6) is 0 Å². The Morgan fingerprint density at radius 1 is 1.18 bits per heavy atom. The molecule has 9 heteroatoms. The van der Waals surface area contributed by atoms with E-state index in [4.69, 9.17) is 16.3 Å². The third kappa shape index (κ3) is 4.75. The standard InChI is InChI=1S/C29H30ClN5O3/c1-29(2)17-35(15-26(36)34-10-8-18-5-3-4-6-19(18)14-34)25(16-38-29)28(37)33-23-12-20(30)11-22-21-7-9-31-13-24(21)32-27(22)23/h3-7,9,11-13,25,32H,8,10,14-17H2,1-2H3,(H,33,37)/t25-/m0/s1. The summed E-state index contributed by atoms with van der Waals surface area (Å²) in [7, 11) is 0. The van der Waals surface area contributed by atoms with Gasteiger partial charge in [-0.15, -0.1) is 0 Å². The van der Waals surface area contributed by atoms with Crippen LogP contribution in [0.3, 0.4) is 0 Å². The van der Waals surface area contributed by atoms with Gasteiger partial charge in [-0.3, -0.25) is 19.5 Å². The van der Waals surface area contributed by atoms with Crippen molar-refractivity contribution in [2.24, 2.45) is 0 Å². The molecule has 1 atom stereocenters. The number of carbonyl (C=O) groups is 2. The molecule has 38 heavy (non-hydrogen) atoms. The molecule has 1 fully saturated rings.